The van der Waals surface area contributed by atoms with E-state index >= 15 is 0 Å². The molecule has 1 rings (SSSR count). The summed E-state index contributed by atoms with van der Waals surface area (Å²) in [4.78, 5) is 10.2. The third-order valence-corrected chi connectivity index (χ3v) is 2.20. The van der Waals surface area contributed by atoms with Gasteiger partial charge in [0.05, 0.1) is 10.6 Å². The molecule has 98 valence electrons. The van der Waals surface area contributed by atoms with Crippen LogP contribution in [0.2, 0.25) is 5.02 Å². The first-order chi connectivity index (χ1) is 8.14. The summed E-state index contributed by atoms with van der Waals surface area (Å²) < 4.78 is 63.3. The van der Waals surface area contributed by atoms with E-state index in [1.54, 1.807) is 0 Å². The van der Waals surface area contributed by atoms with E-state index in [0.29, 0.717) is 12.2 Å². The summed E-state index contributed by atoms with van der Waals surface area (Å²) in [5, 5.41) is 7.55. The quantitative estimate of drug-likeness (QED) is 0.511. The zero-order valence-corrected chi connectivity index (χ0v) is 9.11. The highest BCUT2D eigenvalue weighted by Gasteiger charge is 2.36. The fraction of sp³-hybridized carbons (Fsp3) is 0.100. The number of carboxylic acid groups (broad SMARTS) is 1. The van der Waals surface area contributed by atoms with Crippen molar-refractivity contribution in [2.24, 2.45) is 0 Å². The first-order valence-electron chi connectivity index (χ1n) is 4.30. The average molecular weight is 287 g/mol. The van der Waals surface area contributed by atoms with E-state index in [2.05, 4.69) is 0 Å². The maximum atomic E-state index is 13.3. The van der Waals surface area contributed by atoms with Crippen molar-refractivity contribution in [1.29, 1.82) is 0 Å². The summed E-state index contributed by atoms with van der Waals surface area (Å²) >= 11 is 5.35. The zero-order valence-electron chi connectivity index (χ0n) is 8.36. The molecule has 0 amide bonds. The van der Waals surface area contributed by atoms with E-state index in [1.165, 1.54) is 0 Å². The van der Waals surface area contributed by atoms with Gasteiger partial charge in [0.15, 0.2) is 11.6 Å². The molecule has 2 nitrogen and oxygen atoms in total. The minimum absolute atomic E-state index is 0.196. The predicted molar refractivity (Wildman–Crippen MR) is 53.0 cm³/mol. The van der Waals surface area contributed by atoms with Gasteiger partial charge >= 0.3 is 12.1 Å². The Bertz CT molecular complexity index is 522. The Morgan fingerprint density at radius 3 is 2.28 bits per heavy atom. The maximum Gasteiger partial charge on any atom is 0.419 e. The summed E-state index contributed by atoms with van der Waals surface area (Å²) in [6.07, 6.45) is -4.09. The molecule has 0 saturated heterocycles. The van der Waals surface area contributed by atoms with Crippen molar-refractivity contribution in [3.63, 3.8) is 0 Å². The molecular weight excluding hydrogens is 283 g/mol. The fourth-order valence-corrected chi connectivity index (χ4v) is 1.38. The predicted octanol–water partition coefficient (Wildman–Crippen LogP) is 3.73. The summed E-state index contributed by atoms with van der Waals surface area (Å²) in [5.41, 5.74) is -2.61. The molecule has 1 aromatic carbocycles. The van der Waals surface area contributed by atoms with Crippen LogP contribution >= 0.6 is 11.6 Å². The number of halogens is 6. The lowest BCUT2D eigenvalue weighted by Crippen LogP contribution is -2.10. The van der Waals surface area contributed by atoms with E-state index in [1.807, 2.05) is 0 Å². The molecule has 8 heteroatoms. The van der Waals surface area contributed by atoms with Gasteiger partial charge in [-0.1, -0.05) is 11.6 Å². The van der Waals surface area contributed by atoms with Crippen LogP contribution in [0.5, 0.6) is 0 Å². The summed E-state index contributed by atoms with van der Waals surface area (Å²) in [6.45, 7) is 0. The van der Waals surface area contributed by atoms with Gasteiger partial charge in [-0.05, 0) is 12.1 Å². The van der Waals surface area contributed by atoms with Crippen LogP contribution < -0.4 is 0 Å². The lowest BCUT2D eigenvalue weighted by atomic mass is 10.1. The Morgan fingerprint density at radius 1 is 1.28 bits per heavy atom. The molecule has 18 heavy (non-hydrogen) atoms. The second-order valence-electron chi connectivity index (χ2n) is 3.12. The number of rotatable bonds is 2. The van der Waals surface area contributed by atoms with Gasteiger partial charge in [-0.25, -0.2) is 13.6 Å². The van der Waals surface area contributed by atoms with Gasteiger partial charge in [-0.2, -0.15) is 13.2 Å². The van der Waals surface area contributed by atoms with Gasteiger partial charge in [0, 0.05) is 11.6 Å². The molecule has 0 atom stereocenters. The first-order valence-corrected chi connectivity index (χ1v) is 4.68. The number of carbonyl (C=O) groups is 1. The number of hydrogen-bond acceptors (Lipinski definition) is 1. The van der Waals surface area contributed by atoms with Crippen molar-refractivity contribution >= 4 is 23.6 Å². The van der Waals surface area contributed by atoms with Gasteiger partial charge in [-0.15, -0.1) is 0 Å². The molecule has 0 saturated carbocycles. The van der Waals surface area contributed by atoms with Crippen LogP contribution in [0.1, 0.15) is 11.1 Å². The maximum absolute atomic E-state index is 13.3. The van der Waals surface area contributed by atoms with Crippen molar-refractivity contribution in [2.75, 3.05) is 0 Å². The number of alkyl halides is 3. The number of aliphatic carboxylic acids is 1. The van der Waals surface area contributed by atoms with Crippen LogP contribution in [0.25, 0.3) is 6.08 Å². The number of benzene rings is 1. The smallest absolute Gasteiger partial charge is 0.419 e. The van der Waals surface area contributed by atoms with Crippen LogP contribution in [-0.4, -0.2) is 11.1 Å². The van der Waals surface area contributed by atoms with Crippen molar-refractivity contribution in [3.05, 3.63) is 39.9 Å². The van der Waals surface area contributed by atoms with E-state index in [-0.39, 0.29) is 6.07 Å². The van der Waals surface area contributed by atoms with Crippen molar-refractivity contribution < 1.29 is 31.9 Å². The van der Waals surface area contributed by atoms with Crippen LogP contribution in [0.3, 0.4) is 0 Å². The molecular formula is C10H4ClF5O2. The average Bonchev–Trinajstić information content (AvgIpc) is 2.21. The SMILES string of the molecule is O=C(O)/C=C/c1c(Cl)cc(C(F)(F)F)c(F)c1F. The van der Waals surface area contributed by atoms with Crippen LogP contribution in [0.15, 0.2) is 12.1 Å². The minimum atomic E-state index is -5.09. The van der Waals surface area contributed by atoms with Gasteiger partial charge in [0.1, 0.15) is 0 Å². The molecule has 1 N–H and O–H groups in total. The fourth-order valence-electron chi connectivity index (χ4n) is 1.12. The highest BCUT2D eigenvalue weighted by Crippen LogP contribution is 2.36. The van der Waals surface area contributed by atoms with Crippen LogP contribution in [-0.2, 0) is 11.0 Å². The first kappa shape index (κ1) is 14.4. The lowest BCUT2D eigenvalue weighted by Gasteiger charge is -2.11. The van der Waals surface area contributed by atoms with Crippen LogP contribution in [0.4, 0.5) is 22.0 Å². The molecule has 0 aromatic heterocycles. The second kappa shape index (κ2) is 4.93. The lowest BCUT2D eigenvalue weighted by molar-refractivity contribution is -0.140. The van der Waals surface area contributed by atoms with Crippen molar-refractivity contribution in [3.8, 4) is 0 Å². The third kappa shape index (κ3) is 2.98. The van der Waals surface area contributed by atoms with Gasteiger partial charge in [0.2, 0.25) is 0 Å². The summed E-state index contributed by atoms with van der Waals surface area (Å²) in [6, 6.07) is 0.196. The zero-order chi connectivity index (χ0) is 14.1. The highest BCUT2D eigenvalue weighted by atomic mass is 35.5. The monoisotopic (exact) mass is 286 g/mol. The molecule has 0 radical (unpaired) electrons. The molecule has 0 aliphatic heterocycles. The van der Waals surface area contributed by atoms with Crippen molar-refractivity contribution in [1.82, 2.24) is 0 Å². The number of hydrogen-bond donors (Lipinski definition) is 1. The molecule has 0 unspecified atom stereocenters. The molecule has 0 fully saturated rings. The molecule has 1 aromatic rings. The third-order valence-electron chi connectivity index (χ3n) is 1.89. The minimum Gasteiger partial charge on any atom is -0.478 e. The summed E-state index contributed by atoms with van der Waals surface area (Å²) in [5.74, 6) is -5.46. The Hall–Kier alpha value is -1.63. The summed E-state index contributed by atoms with van der Waals surface area (Å²) in [7, 11) is 0. The van der Waals surface area contributed by atoms with E-state index in [4.69, 9.17) is 16.7 Å². The highest BCUT2D eigenvalue weighted by molar-refractivity contribution is 6.32. The van der Waals surface area contributed by atoms with Crippen LogP contribution in [0, 0.1) is 11.6 Å². The Kier molecular flexibility index (Phi) is 3.95. The van der Waals surface area contributed by atoms with Gasteiger partial charge in [0.25, 0.3) is 0 Å². The molecule has 0 spiro atoms. The Balaban J connectivity index is 3.43. The van der Waals surface area contributed by atoms with E-state index in [0.717, 1.165) is 0 Å². The molecule has 0 bridgehead atoms. The van der Waals surface area contributed by atoms with E-state index < -0.39 is 39.9 Å². The molecule has 0 aliphatic rings. The standard InChI is InChI=1S/C10H4ClF5O2/c11-6-3-5(10(14,15)16)9(13)8(12)4(6)1-2-7(17)18/h1-3H,(H,17,18)/b2-1+. The second-order valence-corrected chi connectivity index (χ2v) is 3.52. The Morgan fingerprint density at radius 2 is 1.83 bits per heavy atom. The normalized spacial score (nSPS) is 12.1. The number of carboxylic acids is 1. The van der Waals surface area contributed by atoms with Crippen molar-refractivity contribution in [2.45, 2.75) is 6.18 Å². The van der Waals surface area contributed by atoms with Gasteiger partial charge < -0.3 is 5.11 Å². The van der Waals surface area contributed by atoms with Gasteiger partial charge in [-0.3, -0.25) is 0 Å². The van der Waals surface area contributed by atoms with E-state index in [9.17, 15) is 26.7 Å². The molecule has 0 heterocycles. The molecule has 0 aliphatic carbocycles. The largest absolute Gasteiger partial charge is 0.478 e. The Labute approximate surface area is 102 Å². The topological polar surface area (TPSA) is 37.3 Å².